The molecular formula is C12H26O2Si. The predicted octanol–water partition coefficient (Wildman–Crippen LogP) is 4.12. The highest BCUT2D eigenvalue weighted by molar-refractivity contribution is 6.73. The van der Waals surface area contributed by atoms with E-state index in [9.17, 15) is 4.79 Å². The van der Waals surface area contributed by atoms with E-state index in [-0.39, 0.29) is 5.97 Å². The van der Waals surface area contributed by atoms with Crippen molar-refractivity contribution in [1.29, 1.82) is 0 Å². The van der Waals surface area contributed by atoms with Crippen LogP contribution in [-0.4, -0.2) is 14.3 Å². The van der Waals surface area contributed by atoms with Crippen molar-refractivity contribution in [2.45, 2.75) is 71.5 Å². The smallest absolute Gasteiger partial charge is 0.292 e. The number of carbonyl (C=O) groups is 1. The predicted molar refractivity (Wildman–Crippen MR) is 67.4 cm³/mol. The molecule has 90 valence electrons. The highest BCUT2D eigenvalue weighted by Crippen LogP contribution is 2.22. The first-order valence-corrected chi connectivity index (χ1v) is 9.10. The molecule has 0 aliphatic rings. The van der Waals surface area contributed by atoms with Crippen LogP contribution >= 0.6 is 0 Å². The third kappa shape index (κ3) is 6.71. The quantitative estimate of drug-likeness (QED) is 0.486. The van der Waals surface area contributed by atoms with Crippen LogP contribution in [0.3, 0.4) is 0 Å². The Morgan fingerprint density at radius 2 is 1.80 bits per heavy atom. The van der Waals surface area contributed by atoms with Crippen molar-refractivity contribution < 1.29 is 9.22 Å². The van der Waals surface area contributed by atoms with Crippen molar-refractivity contribution in [3.8, 4) is 0 Å². The molecule has 0 saturated heterocycles. The summed E-state index contributed by atoms with van der Waals surface area (Å²) in [6, 6.07) is 0. The van der Waals surface area contributed by atoms with Crippen LogP contribution in [0.1, 0.15) is 52.9 Å². The zero-order chi connectivity index (χ0) is 11.9. The van der Waals surface area contributed by atoms with Crippen LogP contribution in [0.25, 0.3) is 0 Å². The van der Waals surface area contributed by atoms with Gasteiger partial charge in [0.1, 0.15) is 0 Å². The van der Waals surface area contributed by atoms with E-state index in [1.807, 2.05) is 0 Å². The highest BCUT2D eigenvalue weighted by atomic mass is 28.4. The summed E-state index contributed by atoms with van der Waals surface area (Å²) in [6.07, 6.45) is 5.16. The summed E-state index contributed by atoms with van der Waals surface area (Å²) >= 11 is 0. The van der Waals surface area contributed by atoms with Crippen molar-refractivity contribution in [3.63, 3.8) is 0 Å². The Labute approximate surface area is 95.5 Å². The van der Waals surface area contributed by atoms with E-state index < -0.39 is 8.32 Å². The monoisotopic (exact) mass is 230 g/mol. The number of carbonyl (C=O) groups excluding carboxylic acids is 1. The van der Waals surface area contributed by atoms with Gasteiger partial charge in [-0.05, 0) is 25.1 Å². The van der Waals surface area contributed by atoms with Crippen LogP contribution in [0, 0.1) is 0 Å². The van der Waals surface area contributed by atoms with E-state index in [1.165, 1.54) is 12.8 Å². The summed E-state index contributed by atoms with van der Waals surface area (Å²) < 4.78 is 5.58. The third-order valence-electron chi connectivity index (χ3n) is 3.00. The Morgan fingerprint density at radius 3 is 2.27 bits per heavy atom. The van der Waals surface area contributed by atoms with Gasteiger partial charge in [-0.1, -0.05) is 40.0 Å². The maximum atomic E-state index is 11.5. The molecule has 0 saturated carbocycles. The third-order valence-corrected chi connectivity index (χ3v) is 6.54. The molecule has 2 nitrogen and oxygen atoms in total. The van der Waals surface area contributed by atoms with E-state index in [2.05, 4.69) is 33.9 Å². The van der Waals surface area contributed by atoms with E-state index >= 15 is 0 Å². The topological polar surface area (TPSA) is 26.3 Å². The van der Waals surface area contributed by atoms with Gasteiger partial charge in [0, 0.05) is 6.42 Å². The molecule has 0 atom stereocenters. The Hall–Kier alpha value is -0.313. The molecule has 0 rings (SSSR count). The highest BCUT2D eigenvalue weighted by Gasteiger charge is 2.30. The largest absolute Gasteiger partial charge is 0.519 e. The second-order valence-electron chi connectivity index (χ2n) is 5.04. The fraction of sp³-hybridized carbons (Fsp3) is 0.917. The molecule has 0 aliphatic carbocycles. The minimum atomic E-state index is -1.76. The number of unbranched alkanes of at least 4 members (excludes halogenated alkanes) is 3. The maximum absolute atomic E-state index is 11.5. The average molecular weight is 230 g/mol. The van der Waals surface area contributed by atoms with Crippen LogP contribution < -0.4 is 0 Å². The minimum absolute atomic E-state index is 0.0106. The fourth-order valence-electron chi connectivity index (χ4n) is 1.16. The minimum Gasteiger partial charge on any atom is -0.519 e. The molecule has 0 aliphatic heterocycles. The second-order valence-corrected chi connectivity index (χ2v) is 9.61. The molecule has 0 amide bonds. The Kier molecular flexibility index (Phi) is 6.90. The van der Waals surface area contributed by atoms with Crippen LogP contribution in [0.2, 0.25) is 18.6 Å². The van der Waals surface area contributed by atoms with Crippen molar-refractivity contribution in [2.24, 2.45) is 0 Å². The summed E-state index contributed by atoms with van der Waals surface area (Å²) in [5, 5.41) is 0. The lowest BCUT2D eigenvalue weighted by Crippen LogP contribution is -2.36. The zero-order valence-corrected chi connectivity index (χ0v) is 11.9. The van der Waals surface area contributed by atoms with E-state index in [4.69, 9.17) is 4.43 Å². The molecule has 0 radical (unpaired) electrons. The maximum Gasteiger partial charge on any atom is 0.292 e. The van der Waals surface area contributed by atoms with Crippen molar-refractivity contribution in [3.05, 3.63) is 0 Å². The normalized spacial score (nSPS) is 11.9. The molecule has 0 aromatic rings. The number of rotatable bonds is 7. The lowest BCUT2D eigenvalue weighted by atomic mass is 10.2. The molecule has 0 N–H and O–H groups in total. The Bertz CT molecular complexity index is 188. The number of hydrogen-bond acceptors (Lipinski definition) is 2. The Balaban J connectivity index is 3.74. The zero-order valence-electron chi connectivity index (χ0n) is 10.9. The van der Waals surface area contributed by atoms with Gasteiger partial charge in [0.15, 0.2) is 0 Å². The Morgan fingerprint density at radius 1 is 1.20 bits per heavy atom. The van der Waals surface area contributed by atoms with Gasteiger partial charge >= 0.3 is 0 Å². The van der Waals surface area contributed by atoms with Crippen LogP contribution in [0.4, 0.5) is 0 Å². The van der Waals surface area contributed by atoms with Crippen molar-refractivity contribution in [2.75, 3.05) is 0 Å². The van der Waals surface area contributed by atoms with Gasteiger partial charge in [0.2, 0.25) is 0 Å². The van der Waals surface area contributed by atoms with Gasteiger partial charge in [0.05, 0.1) is 0 Å². The van der Waals surface area contributed by atoms with Crippen molar-refractivity contribution in [1.82, 2.24) is 0 Å². The van der Waals surface area contributed by atoms with Gasteiger partial charge in [-0.3, -0.25) is 4.79 Å². The standard InChI is InChI=1S/C12H26O2Si/c1-6-7-8-9-10-12(13)14-15(4,5)11(2)3/h11H,6-10H2,1-5H3. The van der Waals surface area contributed by atoms with Crippen LogP contribution in [0.5, 0.6) is 0 Å². The molecule has 0 unspecified atom stereocenters. The molecule has 3 heteroatoms. The molecular weight excluding hydrogens is 204 g/mol. The lowest BCUT2D eigenvalue weighted by molar-refractivity contribution is -0.135. The molecule has 15 heavy (non-hydrogen) atoms. The second kappa shape index (κ2) is 7.04. The SMILES string of the molecule is CCCCCCC(=O)O[Si](C)(C)C(C)C. The van der Waals surface area contributed by atoms with Crippen LogP contribution in [0.15, 0.2) is 0 Å². The first-order chi connectivity index (χ1) is 6.90. The summed E-state index contributed by atoms with van der Waals surface area (Å²) in [5.74, 6) is 0.0106. The molecule has 0 heterocycles. The molecule has 0 aromatic carbocycles. The molecule has 0 aromatic heterocycles. The summed E-state index contributed by atoms with van der Waals surface area (Å²) in [7, 11) is -1.76. The van der Waals surface area contributed by atoms with E-state index in [0.717, 1.165) is 12.8 Å². The first kappa shape index (κ1) is 14.7. The lowest BCUT2D eigenvalue weighted by Gasteiger charge is -2.26. The number of hydrogen-bond donors (Lipinski definition) is 0. The fourth-order valence-corrected chi connectivity index (χ4v) is 2.08. The summed E-state index contributed by atoms with van der Waals surface area (Å²) in [5.41, 5.74) is 0.497. The van der Waals surface area contributed by atoms with Gasteiger partial charge < -0.3 is 4.43 Å². The van der Waals surface area contributed by atoms with E-state index in [0.29, 0.717) is 12.0 Å². The van der Waals surface area contributed by atoms with Gasteiger partial charge in [-0.2, -0.15) is 0 Å². The first-order valence-electron chi connectivity index (χ1n) is 6.12. The molecule has 0 spiro atoms. The molecule has 0 bridgehead atoms. The van der Waals surface area contributed by atoms with Crippen LogP contribution in [-0.2, 0) is 9.22 Å². The summed E-state index contributed by atoms with van der Waals surface area (Å²) in [4.78, 5) is 11.5. The van der Waals surface area contributed by atoms with Crippen molar-refractivity contribution >= 4 is 14.3 Å². The summed E-state index contributed by atoms with van der Waals surface area (Å²) in [6.45, 7) is 10.7. The van der Waals surface area contributed by atoms with Gasteiger partial charge in [-0.25, -0.2) is 0 Å². The van der Waals surface area contributed by atoms with E-state index in [1.54, 1.807) is 0 Å². The van der Waals surface area contributed by atoms with Gasteiger partial charge in [0.25, 0.3) is 14.3 Å². The van der Waals surface area contributed by atoms with Gasteiger partial charge in [-0.15, -0.1) is 0 Å². The molecule has 0 fully saturated rings. The average Bonchev–Trinajstić information content (AvgIpc) is 2.11.